The van der Waals surface area contributed by atoms with E-state index < -0.39 is 0 Å². The summed E-state index contributed by atoms with van der Waals surface area (Å²) in [5.74, 6) is -0.226. The Bertz CT molecular complexity index is 628. The molecule has 0 spiro atoms. The molecule has 0 aliphatic rings. The molecule has 2 aromatic carbocycles. The number of benzene rings is 2. The van der Waals surface area contributed by atoms with Crippen LogP contribution >= 0.6 is 31.9 Å². The third-order valence-corrected chi connectivity index (χ3v) is 5.16. The Morgan fingerprint density at radius 2 is 1.95 bits per heavy atom. The standard InChI is InChI=1S/C17H18Br2FN/c1-3-21-16(13-6-4-5-11(2)17(13)19)10-12-7-8-15(20)14(18)9-12/h4-9,16,21H,3,10H2,1-2H3. The maximum absolute atomic E-state index is 13.4. The molecule has 0 aliphatic heterocycles. The molecule has 0 heterocycles. The van der Waals surface area contributed by atoms with Crippen LogP contribution in [0, 0.1) is 12.7 Å². The number of hydrogen-bond donors (Lipinski definition) is 1. The van der Waals surface area contributed by atoms with Crippen molar-refractivity contribution in [1.29, 1.82) is 0 Å². The molecule has 112 valence electrons. The molecule has 1 unspecified atom stereocenters. The molecule has 0 fully saturated rings. The van der Waals surface area contributed by atoms with E-state index in [1.807, 2.05) is 12.1 Å². The molecule has 1 N–H and O–H groups in total. The maximum atomic E-state index is 13.4. The molecule has 0 aliphatic carbocycles. The zero-order valence-electron chi connectivity index (χ0n) is 12.1. The summed E-state index contributed by atoms with van der Waals surface area (Å²) in [6.45, 7) is 5.07. The fraction of sp³-hybridized carbons (Fsp3) is 0.294. The summed E-state index contributed by atoms with van der Waals surface area (Å²) < 4.78 is 15.0. The Balaban J connectivity index is 2.30. The molecule has 21 heavy (non-hydrogen) atoms. The molecule has 0 radical (unpaired) electrons. The van der Waals surface area contributed by atoms with Gasteiger partial charge in [0.1, 0.15) is 5.82 Å². The SMILES string of the molecule is CCNC(Cc1ccc(F)c(Br)c1)c1cccc(C)c1Br. The normalized spacial score (nSPS) is 12.4. The Kier molecular flexibility index (Phi) is 5.97. The maximum Gasteiger partial charge on any atom is 0.137 e. The van der Waals surface area contributed by atoms with E-state index in [2.05, 4.69) is 69.2 Å². The number of likely N-dealkylation sites (N-methyl/N-ethyl adjacent to an activating group) is 1. The van der Waals surface area contributed by atoms with Gasteiger partial charge in [0.2, 0.25) is 0 Å². The van der Waals surface area contributed by atoms with Gasteiger partial charge >= 0.3 is 0 Å². The van der Waals surface area contributed by atoms with Crippen LogP contribution in [0.5, 0.6) is 0 Å². The highest BCUT2D eigenvalue weighted by Gasteiger charge is 2.15. The molecule has 0 saturated carbocycles. The zero-order valence-corrected chi connectivity index (χ0v) is 15.3. The zero-order chi connectivity index (χ0) is 15.4. The van der Waals surface area contributed by atoms with E-state index in [1.165, 1.54) is 17.2 Å². The monoisotopic (exact) mass is 413 g/mol. The number of nitrogens with one attached hydrogen (secondary N) is 1. The van der Waals surface area contributed by atoms with Crippen molar-refractivity contribution in [2.75, 3.05) is 6.54 Å². The van der Waals surface area contributed by atoms with Crippen molar-refractivity contribution in [2.24, 2.45) is 0 Å². The highest BCUT2D eigenvalue weighted by Crippen LogP contribution is 2.29. The molecule has 0 saturated heterocycles. The van der Waals surface area contributed by atoms with Gasteiger partial charge in [-0.3, -0.25) is 0 Å². The first-order valence-corrected chi connectivity index (χ1v) is 8.53. The number of rotatable bonds is 5. The molecule has 2 aromatic rings. The van der Waals surface area contributed by atoms with Gasteiger partial charge < -0.3 is 5.32 Å². The quantitative estimate of drug-likeness (QED) is 0.675. The van der Waals surface area contributed by atoms with Gasteiger partial charge in [0, 0.05) is 10.5 Å². The molecular formula is C17H18Br2FN. The van der Waals surface area contributed by atoms with Crippen LogP contribution in [0.25, 0.3) is 0 Å². The first kappa shape index (κ1) is 16.7. The first-order chi connectivity index (χ1) is 10.0. The Hall–Kier alpha value is -0.710. The topological polar surface area (TPSA) is 12.0 Å². The summed E-state index contributed by atoms with van der Waals surface area (Å²) in [5.41, 5.74) is 3.55. The van der Waals surface area contributed by atoms with E-state index in [0.717, 1.165) is 23.0 Å². The van der Waals surface area contributed by atoms with Crippen LogP contribution in [0.1, 0.15) is 29.7 Å². The number of halogens is 3. The third-order valence-electron chi connectivity index (χ3n) is 3.47. The summed E-state index contributed by atoms with van der Waals surface area (Å²) in [6.07, 6.45) is 0.814. The van der Waals surface area contributed by atoms with Gasteiger partial charge in [-0.2, -0.15) is 0 Å². The highest BCUT2D eigenvalue weighted by atomic mass is 79.9. The van der Waals surface area contributed by atoms with Crippen LogP contribution in [0.15, 0.2) is 45.3 Å². The van der Waals surface area contributed by atoms with Gasteiger partial charge in [-0.1, -0.05) is 47.1 Å². The van der Waals surface area contributed by atoms with E-state index in [0.29, 0.717) is 4.47 Å². The summed E-state index contributed by atoms with van der Waals surface area (Å²) in [6, 6.07) is 11.7. The van der Waals surface area contributed by atoms with Crippen LogP contribution < -0.4 is 5.32 Å². The Morgan fingerprint density at radius 3 is 2.62 bits per heavy atom. The van der Waals surface area contributed by atoms with Crippen molar-refractivity contribution in [3.8, 4) is 0 Å². The van der Waals surface area contributed by atoms with Crippen LogP contribution in [0.3, 0.4) is 0 Å². The second kappa shape index (κ2) is 7.52. The predicted octanol–water partition coefficient (Wildman–Crippen LogP) is 5.55. The van der Waals surface area contributed by atoms with Gasteiger partial charge in [0.15, 0.2) is 0 Å². The van der Waals surface area contributed by atoms with Gasteiger partial charge in [-0.05, 0) is 64.6 Å². The predicted molar refractivity (Wildman–Crippen MR) is 93.1 cm³/mol. The third kappa shape index (κ3) is 4.15. The van der Waals surface area contributed by atoms with Crippen molar-refractivity contribution in [2.45, 2.75) is 26.3 Å². The lowest BCUT2D eigenvalue weighted by Crippen LogP contribution is -2.23. The lowest BCUT2D eigenvalue weighted by molar-refractivity contribution is 0.546. The van der Waals surface area contributed by atoms with Gasteiger partial charge in [0.05, 0.1) is 4.47 Å². The Morgan fingerprint density at radius 1 is 1.19 bits per heavy atom. The van der Waals surface area contributed by atoms with Crippen LogP contribution in [-0.2, 0) is 6.42 Å². The van der Waals surface area contributed by atoms with Crippen molar-refractivity contribution in [3.63, 3.8) is 0 Å². The first-order valence-electron chi connectivity index (χ1n) is 6.95. The van der Waals surface area contributed by atoms with Gasteiger partial charge in [-0.15, -0.1) is 0 Å². The fourth-order valence-electron chi connectivity index (χ4n) is 2.38. The summed E-state index contributed by atoms with van der Waals surface area (Å²) in [7, 11) is 0. The van der Waals surface area contributed by atoms with Crippen molar-refractivity contribution >= 4 is 31.9 Å². The average molecular weight is 415 g/mol. The fourth-order valence-corrected chi connectivity index (χ4v) is 3.35. The second-order valence-electron chi connectivity index (χ2n) is 5.04. The largest absolute Gasteiger partial charge is 0.310 e. The lowest BCUT2D eigenvalue weighted by Gasteiger charge is -2.21. The van der Waals surface area contributed by atoms with E-state index >= 15 is 0 Å². The Labute approximate surface area is 142 Å². The van der Waals surface area contributed by atoms with Crippen molar-refractivity contribution in [1.82, 2.24) is 5.32 Å². The molecule has 0 aromatic heterocycles. The van der Waals surface area contributed by atoms with Gasteiger partial charge in [0.25, 0.3) is 0 Å². The summed E-state index contributed by atoms with van der Waals surface area (Å²) >= 11 is 6.93. The molecule has 1 nitrogen and oxygen atoms in total. The minimum atomic E-state index is -0.226. The molecule has 0 amide bonds. The van der Waals surface area contributed by atoms with E-state index in [1.54, 1.807) is 0 Å². The van der Waals surface area contributed by atoms with Gasteiger partial charge in [-0.25, -0.2) is 4.39 Å². The summed E-state index contributed by atoms with van der Waals surface area (Å²) in [4.78, 5) is 0. The van der Waals surface area contributed by atoms with E-state index in [-0.39, 0.29) is 11.9 Å². The molecule has 0 bridgehead atoms. The van der Waals surface area contributed by atoms with Crippen LogP contribution in [0.2, 0.25) is 0 Å². The average Bonchev–Trinajstić information content (AvgIpc) is 2.45. The van der Waals surface area contributed by atoms with Crippen molar-refractivity contribution in [3.05, 3.63) is 67.9 Å². The molecule has 2 rings (SSSR count). The van der Waals surface area contributed by atoms with Crippen LogP contribution in [-0.4, -0.2) is 6.54 Å². The van der Waals surface area contributed by atoms with Crippen molar-refractivity contribution < 1.29 is 4.39 Å². The number of hydrogen-bond acceptors (Lipinski definition) is 1. The highest BCUT2D eigenvalue weighted by molar-refractivity contribution is 9.10. The molecular weight excluding hydrogens is 397 g/mol. The minimum Gasteiger partial charge on any atom is -0.310 e. The van der Waals surface area contributed by atoms with E-state index in [9.17, 15) is 4.39 Å². The van der Waals surface area contributed by atoms with E-state index in [4.69, 9.17) is 0 Å². The minimum absolute atomic E-state index is 0.196. The summed E-state index contributed by atoms with van der Waals surface area (Å²) in [5, 5.41) is 3.51. The number of aryl methyl sites for hydroxylation is 1. The molecule has 4 heteroatoms. The second-order valence-corrected chi connectivity index (χ2v) is 6.69. The smallest absolute Gasteiger partial charge is 0.137 e. The molecule has 1 atom stereocenters. The van der Waals surface area contributed by atoms with Crippen LogP contribution in [0.4, 0.5) is 4.39 Å². The lowest BCUT2D eigenvalue weighted by atomic mass is 9.97.